The van der Waals surface area contributed by atoms with Crippen molar-refractivity contribution in [3.63, 3.8) is 0 Å². The van der Waals surface area contributed by atoms with Crippen LogP contribution in [-0.4, -0.2) is 56.5 Å². The van der Waals surface area contributed by atoms with Crippen molar-refractivity contribution in [2.24, 2.45) is 5.92 Å². The highest BCUT2D eigenvalue weighted by Gasteiger charge is 2.25. The molecule has 1 heterocycles. The zero-order valence-electron chi connectivity index (χ0n) is 12.7. The summed E-state index contributed by atoms with van der Waals surface area (Å²) in [6.45, 7) is 2.55. The van der Waals surface area contributed by atoms with Gasteiger partial charge in [-0.15, -0.1) is 0 Å². The lowest BCUT2D eigenvalue weighted by atomic mass is 9.97. The lowest BCUT2D eigenvalue weighted by Crippen LogP contribution is -2.37. The topological polar surface area (TPSA) is 60.9 Å². The fourth-order valence-electron chi connectivity index (χ4n) is 2.65. The maximum absolute atomic E-state index is 12.5. The van der Waals surface area contributed by atoms with E-state index in [1.807, 2.05) is 0 Å². The highest BCUT2D eigenvalue weighted by atomic mass is 32.2. The van der Waals surface area contributed by atoms with Gasteiger partial charge in [0.15, 0.2) is 0 Å². The first-order chi connectivity index (χ1) is 9.93. The van der Waals surface area contributed by atoms with Crippen molar-refractivity contribution in [1.29, 1.82) is 0 Å². The maximum Gasteiger partial charge on any atom is 0.242 e. The zero-order valence-corrected chi connectivity index (χ0v) is 13.5. The summed E-state index contributed by atoms with van der Waals surface area (Å²) < 4.78 is 26.5. The number of likely N-dealkylation sites (tertiary alicyclic amines) is 1. The molecule has 0 aliphatic carbocycles. The zero-order chi connectivity index (χ0) is 15.5. The fraction of sp³-hybridized carbons (Fsp3) is 0.600. The molecule has 1 aliphatic rings. The Morgan fingerprint density at radius 1 is 1.24 bits per heavy atom. The molecule has 0 spiro atoms. The highest BCUT2D eigenvalue weighted by Crippen LogP contribution is 2.21. The van der Waals surface area contributed by atoms with Crippen LogP contribution < -0.4 is 0 Å². The first-order valence-corrected chi connectivity index (χ1v) is 8.72. The Kier molecular flexibility index (Phi) is 5.37. The van der Waals surface area contributed by atoms with Gasteiger partial charge in [-0.1, -0.05) is 12.1 Å². The van der Waals surface area contributed by atoms with Crippen molar-refractivity contribution < 1.29 is 13.5 Å². The van der Waals surface area contributed by atoms with E-state index in [1.54, 1.807) is 31.3 Å². The summed E-state index contributed by atoms with van der Waals surface area (Å²) in [4.78, 5) is 2.56. The van der Waals surface area contributed by atoms with Gasteiger partial charge < -0.3 is 10.0 Å². The van der Waals surface area contributed by atoms with Crippen LogP contribution in [0.2, 0.25) is 0 Å². The number of benzene rings is 1. The molecular weight excluding hydrogens is 288 g/mol. The predicted octanol–water partition coefficient (Wildman–Crippen LogP) is 1.14. The van der Waals surface area contributed by atoms with Gasteiger partial charge in [-0.25, -0.2) is 12.7 Å². The maximum atomic E-state index is 12.5. The summed E-state index contributed by atoms with van der Waals surface area (Å²) in [5.74, 6) is 0.428. The number of hydrogen-bond acceptors (Lipinski definition) is 4. The molecule has 1 N–H and O–H groups in total. The van der Waals surface area contributed by atoms with E-state index in [0.29, 0.717) is 18.0 Å². The van der Waals surface area contributed by atoms with Crippen LogP contribution in [0.25, 0.3) is 0 Å². The van der Waals surface area contributed by atoms with Gasteiger partial charge >= 0.3 is 0 Å². The number of hydrogen-bond donors (Lipinski definition) is 1. The molecule has 1 aromatic carbocycles. The lowest BCUT2D eigenvalue weighted by Gasteiger charge is -2.31. The Balaban J connectivity index is 2.03. The first kappa shape index (κ1) is 16.4. The number of sulfonamides is 1. The molecule has 6 heteroatoms. The molecule has 0 saturated carbocycles. The lowest BCUT2D eigenvalue weighted by molar-refractivity contribution is 0.202. The van der Waals surface area contributed by atoms with Crippen LogP contribution in [0.5, 0.6) is 0 Å². The van der Waals surface area contributed by atoms with E-state index < -0.39 is 10.0 Å². The first-order valence-electron chi connectivity index (χ1n) is 7.28. The van der Waals surface area contributed by atoms with Crippen LogP contribution in [0.15, 0.2) is 29.2 Å². The number of rotatable bonds is 5. The van der Waals surface area contributed by atoms with Crippen LogP contribution in [0.1, 0.15) is 18.4 Å². The molecule has 2 rings (SSSR count). The Hall–Kier alpha value is -0.950. The molecular formula is C15H24N2O3S. The minimum atomic E-state index is -3.44. The molecule has 21 heavy (non-hydrogen) atoms. The average molecular weight is 312 g/mol. The molecule has 1 aromatic rings. The molecule has 0 aromatic heterocycles. The van der Waals surface area contributed by atoms with E-state index in [4.69, 9.17) is 5.11 Å². The van der Waals surface area contributed by atoms with Crippen molar-refractivity contribution in [3.05, 3.63) is 29.8 Å². The normalized spacial score (nSPS) is 18.3. The fourth-order valence-corrected chi connectivity index (χ4v) is 3.90. The summed E-state index contributed by atoms with van der Waals surface area (Å²) >= 11 is 0. The SMILES string of the molecule is CN1CCC(CN(C)S(=O)(=O)c2ccc(CO)cc2)CC1. The molecule has 0 bridgehead atoms. The van der Waals surface area contributed by atoms with Gasteiger partial charge in [0, 0.05) is 13.6 Å². The second kappa shape index (κ2) is 6.87. The van der Waals surface area contributed by atoms with Crippen LogP contribution in [0, 0.1) is 5.92 Å². The monoisotopic (exact) mass is 312 g/mol. The third-order valence-corrected chi connectivity index (χ3v) is 6.01. The average Bonchev–Trinajstić information content (AvgIpc) is 2.49. The summed E-state index contributed by atoms with van der Waals surface area (Å²) in [5.41, 5.74) is 0.715. The molecule has 1 aliphatic heterocycles. The Labute approximate surface area is 127 Å². The Bertz CT molecular complexity index is 549. The van der Waals surface area contributed by atoms with Gasteiger partial charge in [0.2, 0.25) is 10.0 Å². The van der Waals surface area contributed by atoms with E-state index in [0.717, 1.165) is 25.9 Å². The van der Waals surface area contributed by atoms with Crippen LogP contribution in [0.3, 0.4) is 0 Å². The number of aliphatic hydroxyl groups excluding tert-OH is 1. The summed E-state index contributed by atoms with van der Waals surface area (Å²) in [5, 5.41) is 9.01. The van der Waals surface area contributed by atoms with Gasteiger partial charge in [0.1, 0.15) is 0 Å². The predicted molar refractivity (Wildman–Crippen MR) is 82.4 cm³/mol. The largest absolute Gasteiger partial charge is 0.392 e. The molecule has 0 amide bonds. The molecule has 0 atom stereocenters. The number of piperidine rings is 1. The smallest absolute Gasteiger partial charge is 0.242 e. The minimum Gasteiger partial charge on any atom is -0.392 e. The molecule has 0 unspecified atom stereocenters. The number of nitrogens with zero attached hydrogens (tertiary/aromatic N) is 2. The van der Waals surface area contributed by atoms with Crippen molar-refractivity contribution in [2.45, 2.75) is 24.3 Å². The van der Waals surface area contributed by atoms with E-state index in [9.17, 15) is 8.42 Å². The van der Waals surface area contributed by atoms with Gasteiger partial charge in [-0.05, 0) is 56.6 Å². The molecule has 0 radical (unpaired) electrons. The second-order valence-electron chi connectivity index (χ2n) is 5.83. The van der Waals surface area contributed by atoms with Gasteiger partial charge in [-0.3, -0.25) is 0 Å². The third-order valence-electron chi connectivity index (χ3n) is 4.17. The van der Waals surface area contributed by atoms with E-state index in [-0.39, 0.29) is 11.5 Å². The van der Waals surface area contributed by atoms with Crippen molar-refractivity contribution >= 4 is 10.0 Å². The highest BCUT2D eigenvalue weighted by molar-refractivity contribution is 7.89. The Morgan fingerprint density at radius 3 is 2.33 bits per heavy atom. The third kappa shape index (κ3) is 4.03. The van der Waals surface area contributed by atoms with Gasteiger partial charge in [-0.2, -0.15) is 0 Å². The van der Waals surface area contributed by atoms with E-state index >= 15 is 0 Å². The Morgan fingerprint density at radius 2 is 1.81 bits per heavy atom. The van der Waals surface area contributed by atoms with Crippen molar-refractivity contribution in [2.75, 3.05) is 33.7 Å². The van der Waals surface area contributed by atoms with Crippen LogP contribution >= 0.6 is 0 Å². The molecule has 1 saturated heterocycles. The standard InChI is InChI=1S/C15H24N2O3S/c1-16-9-7-13(8-10-16)11-17(2)21(19,20)15-5-3-14(12-18)4-6-15/h3-6,13,18H,7-12H2,1-2H3. The van der Waals surface area contributed by atoms with Gasteiger partial charge in [0.25, 0.3) is 0 Å². The second-order valence-corrected chi connectivity index (χ2v) is 7.88. The van der Waals surface area contributed by atoms with E-state index in [1.165, 1.54) is 4.31 Å². The van der Waals surface area contributed by atoms with Crippen LogP contribution in [-0.2, 0) is 16.6 Å². The summed E-state index contributed by atoms with van der Waals surface area (Å²) in [6.07, 6.45) is 2.08. The van der Waals surface area contributed by atoms with Crippen LogP contribution in [0.4, 0.5) is 0 Å². The quantitative estimate of drug-likeness (QED) is 0.886. The molecule has 5 nitrogen and oxygen atoms in total. The van der Waals surface area contributed by atoms with Crippen molar-refractivity contribution in [3.8, 4) is 0 Å². The summed E-state index contributed by atoms with van der Waals surface area (Å²) in [6, 6.07) is 6.42. The molecule has 118 valence electrons. The van der Waals surface area contributed by atoms with Gasteiger partial charge in [0.05, 0.1) is 11.5 Å². The van der Waals surface area contributed by atoms with E-state index in [2.05, 4.69) is 11.9 Å². The number of aliphatic hydroxyl groups is 1. The molecule has 1 fully saturated rings. The van der Waals surface area contributed by atoms with Crippen molar-refractivity contribution in [1.82, 2.24) is 9.21 Å². The summed E-state index contributed by atoms with van der Waals surface area (Å²) in [7, 11) is 0.304. The minimum absolute atomic E-state index is 0.0776.